The van der Waals surface area contributed by atoms with Crippen LogP contribution in [0, 0.1) is 17.0 Å². The lowest BCUT2D eigenvalue weighted by Gasteiger charge is -2.32. The molecule has 3 N–H and O–H groups in total. The van der Waals surface area contributed by atoms with E-state index < -0.39 is 15.9 Å². The number of sulfonamides is 1. The molecule has 1 aliphatic rings. The van der Waals surface area contributed by atoms with Gasteiger partial charge in [-0.15, -0.1) is 0 Å². The predicted octanol–water partition coefficient (Wildman–Crippen LogP) is 3.53. The highest BCUT2D eigenvalue weighted by Crippen LogP contribution is 2.31. The van der Waals surface area contributed by atoms with E-state index in [1.54, 1.807) is 24.3 Å². The van der Waals surface area contributed by atoms with E-state index >= 15 is 0 Å². The van der Waals surface area contributed by atoms with Gasteiger partial charge in [0.2, 0.25) is 15.9 Å². The summed E-state index contributed by atoms with van der Waals surface area (Å²) in [6.07, 6.45) is 2.53. The number of nitrogens with zero attached hydrogens (tertiary/aromatic N) is 1. The Balaban J connectivity index is 1.80. The van der Waals surface area contributed by atoms with E-state index in [-0.39, 0.29) is 23.3 Å². The summed E-state index contributed by atoms with van der Waals surface area (Å²) in [4.78, 5) is 11.8. The second-order valence-electron chi connectivity index (χ2n) is 7.68. The van der Waals surface area contributed by atoms with Crippen molar-refractivity contribution >= 4 is 33.2 Å². The third-order valence-electron chi connectivity index (χ3n) is 5.57. The van der Waals surface area contributed by atoms with Gasteiger partial charge in [0.25, 0.3) is 0 Å². The van der Waals surface area contributed by atoms with Gasteiger partial charge in [-0.05, 0) is 73.6 Å². The highest BCUT2D eigenvalue weighted by atomic mass is 35.5. The minimum absolute atomic E-state index is 0.108. The molecular weight excluding hydrogens is 426 g/mol. The molecule has 0 heterocycles. The number of carbonyl (C=O) groups is 1. The Labute approximate surface area is 181 Å². The first-order valence-electron chi connectivity index (χ1n) is 9.81. The second-order valence-corrected chi connectivity index (χ2v) is 10.1. The molecule has 1 saturated carbocycles. The number of rotatable bonds is 7. The molecular formula is C21H25ClN3O4S-. The Hall–Kier alpha value is -2.13. The maximum Gasteiger partial charge on any atom is 0.243 e. The molecule has 2 aromatic rings. The Morgan fingerprint density at radius 3 is 2.23 bits per heavy atom. The van der Waals surface area contributed by atoms with Gasteiger partial charge < -0.3 is 16.4 Å². The molecule has 1 amide bonds. The maximum atomic E-state index is 13.4. The van der Waals surface area contributed by atoms with Gasteiger partial charge >= 0.3 is 0 Å². The van der Waals surface area contributed by atoms with Gasteiger partial charge in [-0.25, -0.2) is 8.42 Å². The first-order valence-corrected chi connectivity index (χ1v) is 11.6. The van der Waals surface area contributed by atoms with Crippen molar-refractivity contribution < 1.29 is 13.2 Å². The Morgan fingerprint density at radius 2 is 1.67 bits per heavy atom. The SMILES string of the molecule is Nc1ccc(S(=O)(=O)N(Cc2ccc(Cl)cc2)CC2CCC(C(=O)N[O-])CC2)cc1. The van der Waals surface area contributed by atoms with E-state index in [1.165, 1.54) is 21.9 Å². The first-order chi connectivity index (χ1) is 14.3. The molecule has 3 rings (SSSR count). The number of halogens is 1. The van der Waals surface area contributed by atoms with Crippen molar-refractivity contribution in [3.05, 3.63) is 64.3 Å². The van der Waals surface area contributed by atoms with Crippen LogP contribution in [-0.4, -0.2) is 25.2 Å². The number of nitrogens with two attached hydrogens (primary N) is 1. The van der Waals surface area contributed by atoms with E-state index in [1.807, 2.05) is 12.1 Å². The van der Waals surface area contributed by atoms with Crippen LogP contribution in [0.5, 0.6) is 0 Å². The molecule has 0 unspecified atom stereocenters. The van der Waals surface area contributed by atoms with E-state index in [0.29, 0.717) is 42.9 Å². The molecule has 7 nitrogen and oxygen atoms in total. The standard InChI is InChI=1S/C21H25ClN3O4S/c22-18-7-3-16(4-8-18)14-25(30(28,29)20-11-9-19(23)10-12-20)13-15-1-5-17(6-2-15)21(26)24-27/h3-4,7-12,15,17H,1-2,5-6,13-14,23H2,(H-,24,26,27)/q-1. The molecule has 0 aromatic heterocycles. The number of hydroxylamine groups is 1. The molecule has 0 radical (unpaired) electrons. The average molecular weight is 451 g/mol. The zero-order valence-corrected chi connectivity index (χ0v) is 18.0. The average Bonchev–Trinajstić information content (AvgIpc) is 2.75. The summed E-state index contributed by atoms with van der Waals surface area (Å²) < 4.78 is 28.2. The molecule has 2 aromatic carbocycles. The van der Waals surface area contributed by atoms with Gasteiger partial charge in [-0.3, -0.25) is 4.79 Å². The summed E-state index contributed by atoms with van der Waals surface area (Å²) in [5.41, 5.74) is 8.49. The molecule has 0 atom stereocenters. The van der Waals surface area contributed by atoms with E-state index in [0.717, 1.165) is 5.56 Å². The number of nitrogens with one attached hydrogen (secondary N) is 1. The summed E-state index contributed by atoms with van der Waals surface area (Å²) >= 11 is 5.96. The van der Waals surface area contributed by atoms with Crippen molar-refractivity contribution in [2.24, 2.45) is 11.8 Å². The van der Waals surface area contributed by atoms with Crippen molar-refractivity contribution in [1.29, 1.82) is 0 Å². The minimum Gasteiger partial charge on any atom is -0.759 e. The van der Waals surface area contributed by atoms with Crippen LogP contribution in [0.25, 0.3) is 0 Å². The van der Waals surface area contributed by atoms with Crippen LogP contribution in [0.1, 0.15) is 31.2 Å². The molecule has 30 heavy (non-hydrogen) atoms. The van der Waals surface area contributed by atoms with Gasteiger partial charge in [0.1, 0.15) is 0 Å². The van der Waals surface area contributed by atoms with Crippen LogP contribution < -0.4 is 11.2 Å². The number of amides is 1. The van der Waals surface area contributed by atoms with E-state index in [4.69, 9.17) is 17.3 Å². The monoisotopic (exact) mass is 450 g/mol. The third-order valence-corrected chi connectivity index (χ3v) is 7.65. The van der Waals surface area contributed by atoms with Crippen LogP contribution in [0.2, 0.25) is 5.02 Å². The smallest absolute Gasteiger partial charge is 0.243 e. The second kappa shape index (κ2) is 9.78. The quantitative estimate of drug-likeness (QED) is 0.494. The van der Waals surface area contributed by atoms with Gasteiger partial charge in [-0.1, -0.05) is 23.7 Å². The number of nitrogen functional groups attached to an aromatic ring is 1. The number of hydrogen-bond donors (Lipinski definition) is 2. The van der Waals surface area contributed by atoms with Crippen molar-refractivity contribution in [2.45, 2.75) is 37.1 Å². The molecule has 0 bridgehead atoms. The molecule has 1 fully saturated rings. The van der Waals surface area contributed by atoms with Crippen LogP contribution in [0.4, 0.5) is 5.69 Å². The van der Waals surface area contributed by atoms with Gasteiger partial charge in [0, 0.05) is 29.7 Å². The van der Waals surface area contributed by atoms with Crippen molar-refractivity contribution in [3.8, 4) is 0 Å². The van der Waals surface area contributed by atoms with E-state index in [2.05, 4.69) is 0 Å². The van der Waals surface area contributed by atoms with Gasteiger partial charge in [-0.2, -0.15) is 4.31 Å². The van der Waals surface area contributed by atoms with Crippen LogP contribution in [0.15, 0.2) is 53.4 Å². The highest BCUT2D eigenvalue weighted by molar-refractivity contribution is 7.89. The largest absolute Gasteiger partial charge is 0.759 e. The van der Waals surface area contributed by atoms with Crippen LogP contribution in [0.3, 0.4) is 0 Å². The zero-order valence-electron chi connectivity index (χ0n) is 16.5. The van der Waals surface area contributed by atoms with Crippen molar-refractivity contribution in [2.75, 3.05) is 12.3 Å². The van der Waals surface area contributed by atoms with Crippen LogP contribution >= 0.6 is 11.6 Å². The minimum atomic E-state index is -3.74. The fourth-order valence-electron chi connectivity index (χ4n) is 3.81. The normalized spacial score (nSPS) is 19.6. The lowest BCUT2D eigenvalue weighted by molar-refractivity contribution is -0.125. The highest BCUT2D eigenvalue weighted by Gasteiger charge is 2.31. The maximum absolute atomic E-state index is 13.4. The first kappa shape index (κ1) is 22.6. The molecule has 0 spiro atoms. The number of benzene rings is 2. The molecule has 1 aliphatic carbocycles. The summed E-state index contributed by atoms with van der Waals surface area (Å²) in [6, 6.07) is 13.2. The van der Waals surface area contributed by atoms with Gasteiger partial charge in [0.05, 0.1) is 4.90 Å². The Kier molecular flexibility index (Phi) is 7.36. The Bertz CT molecular complexity index is 957. The lowest BCUT2D eigenvalue weighted by atomic mass is 9.81. The summed E-state index contributed by atoms with van der Waals surface area (Å²) in [5, 5.41) is 11.2. The van der Waals surface area contributed by atoms with Crippen molar-refractivity contribution in [3.63, 3.8) is 0 Å². The molecule has 9 heteroatoms. The lowest BCUT2D eigenvalue weighted by Crippen LogP contribution is -2.37. The topological polar surface area (TPSA) is 116 Å². The zero-order chi connectivity index (χ0) is 21.7. The number of hydrogen-bond acceptors (Lipinski definition) is 5. The van der Waals surface area contributed by atoms with Crippen molar-refractivity contribution in [1.82, 2.24) is 9.79 Å². The third kappa shape index (κ3) is 5.51. The summed E-state index contributed by atoms with van der Waals surface area (Å²) in [5.74, 6) is -0.672. The Morgan fingerprint density at radius 1 is 1.07 bits per heavy atom. The summed E-state index contributed by atoms with van der Waals surface area (Å²) in [6.45, 7) is 0.548. The van der Waals surface area contributed by atoms with E-state index in [9.17, 15) is 18.4 Å². The fourth-order valence-corrected chi connectivity index (χ4v) is 5.44. The number of carbonyl (C=O) groups excluding carboxylic acids is 1. The number of anilines is 1. The molecule has 162 valence electrons. The molecule has 0 aliphatic heterocycles. The van der Waals surface area contributed by atoms with Crippen LogP contribution in [-0.2, 0) is 21.4 Å². The fraction of sp³-hybridized carbons (Fsp3) is 0.381. The molecule has 0 saturated heterocycles. The predicted molar refractivity (Wildman–Crippen MR) is 117 cm³/mol. The van der Waals surface area contributed by atoms with Gasteiger partial charge in [0.15, 0.2) is 0 Å². The summed E-state index contributed by atoms with van der Waals surface area (Å²) in [7, 11) is -3.74.